The molecule has 1 N–H and O–H groups in total. The molecule has 0 radical (unpaired) electrons. The standard InChI is InChI=1S/C21H31N2O3P/c1-16(2)15-26-27(25,20-13-11-19(12-14-20)23(5)6)21(24)17-7-9-18(10-8-17)22(3)4/h7-14,16,21,24H,15H2,1-6H3/t21-,27-/m0/s1. The van der Waals surface area contributed by atoms with E-state index in [9.17, 15) is 9.67 Å². The zero-order valence-electron chi connectivity index (χ0n) is 17.1. The third-order valence-electron chi connectivity index (χ3n) is 4.36. The van der Waals surface area contributed by atoms with Gasteiger partial charge in [-0.05, 0) is 47.9 Å². The van der Waals surface area contributed by atoms with Crippen molar-refractivity contribution in [2.75, 3.05) is 44.6 Å². The lowest BCUT2D eigenvalue weighted by molar-refractivity contribution is 0.203. The first-order chi connectivity index (χ1) is 12.6. The summed E-state index contributed by atoms with van der Waals surface area (Å²) in [5.41, 5.74) is 2.60. The van der Waals surface area contributed by atoms with Crippen LogP contribution < -0.4 is 15.1 Å². The maximum atomic E-state index is 13.8. The zero-order chi connectivity index (χ0) is 20.2. The molecule has 6 heteroatoms. The smallest absolute Gasteiger partial charge is 0.264 e. The molecule has 0 amide bonds. The first kappa shape index (κ1) is 21.5. The van der Waals surface area contributed by atoms with Crippen molar-refractivity contribution in [2.24, 2.45) is 5.92 Å². The van der Waals surface area contributed by atoms with Crippen LogP contribution in [0, 0.1) is 5.92 Å². The van der Waals surface area contributed by atoms with E-state index in [-0.39, 0.29) is 5.92 Å². The minimum atomic E-state index is -3.50. The van der Waals surface area contributed by atoms with Crippen molar-refractivity contribution < 1.29 is 14.2 Å². The van der Waals surface area contributed by atoms with E-state index in [0.29, 0.717) is 17.5 Å². The SMILES string of the molecule is CC(C)CO[P@@](=O)(c1ccc(N(C)C)cc1)[C@H](O)c1ccc(N(C)C)cc1. The number of anilines is 2. The Kier molecular flexibility index (Phi) is 7.10. The highest BCUT2D eigenvalue weighted by atomic mass is 31.2. The molecule has 2 aromatic rings. The van der Waals surface area contributed by atoms with E-state index in [0.717, 1.165) is 11.4 Å². The van der Waals surface area contributed by atoms with E-state index in [1.165, 1.54) is 0 Å². The fourth-order valence-electron chi connectivity index (χ4n) is 2.65. The molecule has 5 nitrogen and oxygen atoms in total. The molecule has 0 aliphatic rings. The van der Waals surface area contributed by atoms with Crippen LogP contribution in [0.2, 0.25) is 0 Å². The van der Waals surface area contributed by atoms with Crippen LogP contribution >= 0.6 is 7.37 Å². The van der Waals surface area contributed by atoms with Gasteiger partial charge in [-0.3, -0.25) is 4.57 Å². The first-order valence-electron chi connectivity index (χ1n) is 9.12. The minimum Gasteiger partial charge on any atom is -0.378 e. The molecular formula is C21H31N2O3P. The summed E-state index contributed by atoms with van der Waals surface area (Å²) in [6.45, 7) is 4.31. The first-order valence-corrected chi connectivity index (χ1v) is 10.8. The van der Waals surface area contributed by atoms with Gasteiger partial charge < -0.3 is 19.4 Å². The van der Waals surface area contributed by atoms with Crippen molar-refractivity contribution in [3.8, 4) is 0 Å². The molecule has 0 spiro atoms. The van der Waals surface area contributed by atoms with Gasteiger partial charge in [-0.1, -0.05) is 26.0 Å². The highest BCUT2D eigenvalue weighted by Gasteiger charge is 2.36. The van der Waals surface area contributed by atoms with Gasteiger partial charge in [0, 0.05) is 44.9 Å². The maximum absolute atomic E-state index is 13.8. The van der Waals surface area contributed by atoms with Gasteiger partial charge in [-0.2, -0.15) is 0 Å². The molecule has 0 saturated carbocycles. The Balaban J connectivity index is 2.40. The number of aliphatic hydroxyl groups is 1. The molecule has 2 aromatic carbocycles. The Labute approximate surface area is 163 Å². The molecule has 0 fully saturated rings. The van der Waals surface area contributed by atoms with Gasteiger partial charge in [-0.15, -0.1) is 0 Å². The van der Waals surface area contributed by atoms with Crippen LogP contribution in [0.15, 0.2) is 48.5 Å². The lowest BCUT2D eigenvalue weighted by Gasteiger charge is -2.26. The van der Waals surface area contributed by atoms with Crippen molar-refractivity contribution in [3.05, 3.63) is 54.1 Å². The lowest BCUT2D eigenvalue weighted by atomic mass is 10.2. The van der Waals surface area contributed by atoms with Crippen LogP contribution in [0.1, 0.15) is 25.3 Å². The number of benzene rings is 2. The Hall–Kier alpha value is -1.81. The predicted octanol–water partition coefficient (Wildman–Crippen LogP) is 4.09. The summed E-state index contributed by atoms with van der Waals surface area (Å²) in [7, 11) is 4.30. The number of rotatable bonds is 8. The fraction of sp³-hybridized carbons (Fsp3) is 0.429. The summed E-state index contributed by atoms with van der Waals surface area (Å²) in [5, 5.41) is 11.5. The van der Waals surface area contributed by atoms with Crippen LogP contribution in [0.5, 0.6) is 0 Å². The van der Waals surface area contributed by atoms with E-state index < -0.39 is 13.2 Å². The van der Waals surface area contributed by atoms with E-state index >= 15 is 0 Å². The average Bonchev–Trinajstić information content (AvgIpc) is 2.65. The molecule has 2 rings (SSSR count). The topological polar surface area (TPSA) is 53.0 Å². The van der Waals surface area contributed by atoms with Gasteiger partial charge in [0.1, 0.15) is 0 Å². The number of aliphatic hydroxyl groups excluding tert-OH is 1. The summed E-state index contributed by atoms with van der Waals surface area (Å²) in [6.07, 6.45) is 0. The van der Waals surface area contributed by atoms with Crippen molar-refractivity contribution in [2.45, 2.75) is 19.7 Å². The van der Waals surface area contributed by atoms with E-state index in [4.69, 9.17) is 4.52 Å². The Bertz CT molecular complexity index is 771. The molecule has 0 unspecified atom stereocenters. The predicted molar refractivity (Wildman–Crippen MR) is 115 cm³/mol. The van der Waals surface area contributed by atoms with E-state index in [1.807, 2.05) is 76.1 Å². The van der Waals surface area contributed by atoms with Crippen LogP contribution in [-0.4, -0.2) is 39.9 Å². The zero-order valence-corrected chi connectivity index (χ0v) is 18.0. The van der Waals surface area contributed by atoms with Gasteiger partial charge in [0.05, 0.1) is 6.61 Å². The molecular weight excluding hydrogens is 359 g/mol. The number of hydrogen-bond donors (Lipinski definition) is 1. The normalized spacial score (nSPS) is 14.7. The molecule has 0 saturated heterocycles. The summed E-state index contributed by atoms with van der Waals surface area (Å²) in [4.78, 5) is 3.95. The third-order valence-corrected chi connectivity index (χ3v) is 6.85. The Morgan fingerprint density at radius 3 is 1.74 bits per heavy atom. The highest BCUT2D eigenvalue weighted by molar-refractivity contribution is 7.67. The van der Waals surface area contributed by atoms with Crippen LogP contribution in [0.3, 0.4) is 0 Å². The van der Waals surface area contributed by atoms with E-state index in [2.05, 4.69) is 0 Å². The van der Waals surface area contributed by atoms with Gasteiger partial charge in [0.15, 0.2) is 5.85 Å². The number of hydrogen-bond acceptors (Lipinski definition) is 5. The van der Waals surface area contributed by atoms with Crippen molar-refractivity contribution >= 4 is 24.0 Å². The van der Waals surface area contributed by atoms with Crippen LogP contribution in [0.4, 0.5) is 11.4 Å². The molecule has 0 heterocycles. The van der Waals surface area contributed by atoms with Crippen LogP contribution in [0.25, 0.3) is 0 Å². The van der Waals surface area contributed by atoms with Crippen molar-refractivity contribution in [1.29, 1.82) is 0 Å². The second kappa shape index (κ2) is 8.92. The number of nitrogens with zero attached hydrogens (tertiary/aromatic N) is 2. The molecule has 0 aliphatic carbocycles. The maximum Gasteiger partial charge on any atom is 0.264 e. The summed E-state index contributed by atoms with van der Waals surface area (Å²) in [5.74, 6) is -1.000. The van der Waals surface area contributed by atoms with Crippen molar-refractivity contribution in [1.82, 2.24) is 0 Å². The van der Waals surface area contributed by atoms with Gasteiger partial charge in [0.25, 0.3) is 7.37 Å². The minimum absolute atomic E-state index is 0.211. The Morgan fingerprint density at radius 2 is 1.33 bits per heavy atom. The average molecular weight is 390 g/mol. The summed E-state index contributed by atoms with van der Waals surface area (Å²) in [6, 6.07) is 14.8. The van der Waals surface area contributed by atoms with E-state index in [1.54, 1.807) is 24.3 Å². The third kappa shape index (κ3) is 5.13. The lowest BCUT2D eigenvalue weighted by Crippen LogP contribution is -2.17. The molecule has 0 aromatic heterocycles. The Morgan fingerprint density at radius 1 is 0.889 bits per heavy atom. The van der Waals surface area contributed by atoms with Gasteiger partial charge in [-0.25, -0.2) is 0 Å². The molecule has 0 bridgehead atoms. The quantitative estimate of drug-likeness (QED) is 0.688. The molecule has 2 atom stereocenters. The van der Waals surface area contributed by atoms with Gasteiger partial charge in [0.2, 0.25) is 0 Å². The van der Waals surface area contributed by atoms with Crippen molar-refractivity contribution in [3.63, 3.8) is 0 Å². The molecule has 27 heavy (non-hydrogen) atoms. The monoisotopic (exact) mass is 390 g/mol. The second-order valence-corrected chi connectivity index (χ2v) is 10.0. The summed E-state index contributed by atoms with van der Waals surface area (Å²) >= 11 is 0. The van der Waals surface area contributed by atoms with Gasteiger partial charge >= 0.3 is 0 Å². The largest absolute Gasteiger partial charge is 0.378 e. The fourth-order valence-corrected chi connectivity index (χ4v) is 4.87. The second-order valence-electron chi connectivity index (χ2n) is 7.56. The highest BCUT2D eigenvalue weighted by Crippen LogP contribution is 2.58. The van der Waals surface area contributed by atoms with Crippen LogP contribution in [-0.2, 0) is 9.09 Å². The molecule has 148 valence electrons. The summed E-state index contributed by atoms with van der Waals surface area (Å²) < 4.78 is 19.7. The molecule has 0 aliphatic heterocycles.